The Hall–Kier alpha value is -2.53. The molecule has 36 heavy (non-hydrogen) atoms. The normalized spacial score (nSPS) is 11.7. The van der Waals surface area contributed by atoms with E-state index in [2.05, 4.69) is 6.92 Å². The number of carbonyl (C=O) groups is 2. The Kier molecular flexibility index (Phi) is 14.0. The maximum atomic E-state index is 12.5. The minimum atomic E-state index is -0.525. The summed E-state index contributed by atoms with van der Waals surface area (Å²) in [6.45, 7) is 6.60. The fourth-order valence-corrected chi connectivity index (χ4v) is 3.88. The summed E-state index contributed by atoms with van der Waals surface area (Å²) in [7, 11) is 0. The minimum Gasteiger partial charge on any atom is -0.492 e. The molecule has 0 saturated heterocycles. The van der Waals surface area contributed by atoms with E-state index < -0.39 is 5.97 Å². The summed E-state index contributed by atoms with van der Waals surface area (Å²) < 4.78 is 16.5. The fraction of sp³-hybridized carbons (Fsp3) is 0.533. The summed E-state index contributed by atoms with van der Waals surface area (Å²) in [6, 6.07) is 11.3. The number of ether oxygens (including phenoxy) is 3. The number of halogens is 1. The van der Waals surface area contributed by atoms with E-state index >= 15 is 0 Å². The molecule has 0 unspecified atom stereocenters. The Morgan fingerprint density at radius 3 is 1.89 bits per heavy atom. The highest BCUT2D eigenvalue weighted by molar-refractivity contribution is 6.32. The van der Waals surface area contributed by atoms with Gasteiger partial charge in [-0.1, -0.05) is 90.2 Å². The second-order valence-electron chi connectivity index (χ2n) is 9.27. The first-order valence-corrected chi connectivity index (χ1v) is 13.8. The number of hydrogen-bond acceptors (Lipinski definition) is 5. The van der Waals surface area contributed by atoms with Crippen molar-refractivity contribution in [2.45, 2.75) is 91.4 Å². The summed E-state index contributed by atoms with van der Waals surface area (Å²) >= 11 is 6.34. The Morgan fingerprint density at radius 1 is 0.778 bits per heavy atom. The molecule has 0 aromatic heterocycles. The average Bonchev–Trinajstić information content (AvgIpc) is 2.88. The molecule has 0 spiro atoms. The van der Waals surface area contributed by atoms with Gasteiger partial charge < -0.3 is 14.2 Å². The van der Waals surface area contributed by atoms with Crippen molar-refractivity contribution in [1.29, 1.82) is 0 Å². The standard InChI is InChI=1S/C30H41ClO5/c1-4-6-7-8-9-10-11-12-13-14-21-34-28-20-15-24(22-27(28)31)30(33)36-26-18-16-25(17-19-26)35-29(32)23(3)5-2/h15-20,22-23H,4-14,21H2,1-3H3/t23-/m0/s1. The van der Waals surface area contributed by atoms with Crippen LogP contribution >= 0.6 is 11.6 Å². The van der Waals surface area contributed by atoms with Crippen LogP contribution in [0.4, 0.5) is 0 Å². The molecule has 0 amide bonds. The van der Waals surface area contributed by atoms with Crippen LogP contribution < -0.4 is 14.2 Å². The largest absolute Gasteiger partial charge is 0.492 e. The van der Waals surface area contributed by atoms with E-state index in [1.165, 1.54) is 51.4 Å². The molecule has 2 aromatic carbocycles. The molecule has 5 nitrogen and oxygen atoms in total. The highest BCUT2D eigenvalue weighted by atomic mass is 35.5. The van der Waals surface area contributed by atoms with E-state index in [9.17, 15) is 9.59 Å². The molecule has 0 aliphatic rings. The lowest BCUT2D eigenvalue weighted by Crippen LogP contribution is -2.16. The zero-order chi connectivity index (χ0) is 26.2. The quantitative estimate of drug-likeness (QED) is 0.119. The van der Waals surface area contributed by atoms with Gasteiger partial charge in [-0.3, -0.25) is 4.79 Å². The molecule has 0 aliphatic heterocycles. The zero-order valence-electron chi connectivity index (χ0n) is 22.0. The van der Waals surface area contributed by atoms with Gasteiger partial charge in [-0.2, -0.15) is 0 Å². The van der Waals surface area contributed by atoms with Crippen LogP contribution in [-0.4, -0.2) is 18.5 Å². The first kappa shape index (κ1) is 29.7. The second-order valence-corrected chi connectivity index (χ2v) is 9.67. The van der Waals surface area contributed by atoms with Crippen molar-refractivity contribution < 1.29 is 23.8 Å². The molecule has 6 heteroatoms. The van der Waals surface area contributed by atoms with Crippen LogP contribution in [0, 0.1) is 5.92 Å². The molecule has 0 N–H and O–H groups in total. The maximum Gasteiger partial charge on any atom is 0.343 e. The van der Waals surface area contributed by atoms with Crippen LogP contribution in [0.25, 0.3) is 0 Å². The monoisotopic (exact) mass is 516 g/mol. The van der Waals surface area contributed by atoms with Crippen LogP contribution in [0.2, 0.25) is 5.02 Å². The highest BCUT2D eigenvalue weighted by Gasteiger charge is 2.14. The van der Waals surface area contributed by atoms with E-state index in [-0.39, 0.29) is 11.9 Å². The number of benzene rings is 2. The van der Waals surface area contributed by atoms with Crippen LogP contribution in [0.15, 0.2) is 42.5 Å². The van der Waals surface area contributed by atoms with E-state index in [0.29, 0.717) is 40.9 Å². The van der Waals surface area contributed by atoms with Gasteiger partial charge in [0.1, 0.15) is 17.2 Å². The molecule has 0 radical (unpaired) electrons. The van der Waals surface area contributed by atoms with Crippen LogP contribution in [0.1, 0.15) is 102 Å². The third-order valence-electron chi connectivity index (χ3n) is 6.19. The van der Waals surface area contributed by atoms with Gasteiger partial charge in [0.05, 0.1) is 23.1 Å². The molecule has 0 saturated carbocycles. The summed E-state index contributed by atoms with van der Waals surface area (Å²) in [6.07, 6.45) is 13.4. The highest BCUT2D eigenvalue weighted by Crippen LogP contribution is 2.27. The van der Waals surface area contributed by atoms with E-state index in [1.54, 1.807) is 42.5 Å². The van der Waals surface area contributed by atoms with Crippen molar-refractivity contribution >= 4 is 23.5 Å². The van der Waals surface area contributed by atoms with Crippen molar-refractivity contribution in [1.82, 2.24) is 0 Å². The predicted molar refractivity (Wildman–Crippen MR) is 145 cm³/mol. The molecule has 198 valence electrons. The van der Waals surface area contributed by atoms with Gasteiger partial charge in [0.25, 0.3) is 0 Å². The first-order chi connectivity index (χ1) is 17.4. The Labute approximate surface area is 221 Å². The van der Waals surface area contributed by atoms with Crippen molar-refractivity contribution in [3.8, 4) is 17.2 Å². The number of carbonyl (C=O) groups excluding carboxylic acids is 2. The van der Waals surface area contributed by atoms with E-state index in [1.807, 2.05) is 13.8 Å². The summed E-state index contributed by atoms with van der Waals surface area (Å²) in [5, 5.41) is 0.379. The predicted octanol–water partition coefficient (Wildman–Crippen LogP) is 8.81. The molecule has 2 rings (SSSR count). The lowest BCUT2D eigenvalue weighted by Gasteiger charge is -2.11. The van der Waals surface area contributed by atoms with Crippen molar-refractivity contribution in [3.63, 3.8) is 0 Å². The third kappa shape index (κ3) is 11.0. The van der Waals surface area contributed by atoms with Crippen molar-refractivity contribution in [2.75, 3.05) is 6.61 Å². The van der Waals surface area contributed by atoms with Crippen LogP contribution in [0.5, 0.6) is 17.2 Å². The molecular formula is C30H41ClO5. The zero-order valence-corrected chi connectivity index (χ0v) is 22.8. The lowest BCUT2D eigenvalue weighted by molar-refractivity contribution is -0.138. The SMILES string of the molecule is CCCCCCCCCCCCOc1ccc(C(=O)Oc2ccc(OC(=O)[C@@H](C)CC)cc2)cc1Cl. The number of hydrogen-bond donors (Lipinski definition) is 0. The van der Waals surface area contributed by atoms with E-state index in [4.69, 9.17) is 25.8 Å². The van der Waals surface area contributed by atoms with Crippen LogP contribution in [0.3, 0.4) is 0 Å². The molecule has 2 aromatic rings. The Morgan fingerprint density at radius 2 is 1.33 bits per heavy atom. The average molecular weight is 517 g/mol. The first-order valence-electron chi connectivity index (χ1n) is 13.4. The molecule has 0 bridgehead atoms. The number of rotatable bonds is 17. The van der Waals surface area contributed by atoms with Crippen LogP contribution in [-0.2, 0) is 4.79 Å². The third-order valence-corrected chi connectivity index (χ3v) is 6.49. The topological polar surface area (TPSA) is 61.8 Å². The molecule has 0 aliphatic carbocycles. The molecular weight excluding hydrogens is 476 g/mol. The van der Waals surface area contributed by atoms with Gasteiger partial charge in [-0.25, -0.2) is 4.79 Å². The van der Waals surface area contributed by atoms with Gasteiger partial charge in [-0.05, 0) is 55.3 Å². The smallest absolute Gasteiger partial charge is 0.343 e. The van der Waals surface area contributed by atoms with Gasteiger partial charge in [-0.15, -0.1) is 0 Å². The maximum absolute atomic E-state index is 12.5. The lowest BCUT2D eigenvalue weighted by atomic mass is 10.1. The van der Waals surface area contributed by atoms with Gasteiger partial charge >= 0.3 is 11.9 Å². The number of unbranched alkanes of at least 4 members (excludes halogenated alkanes) is 9. The summed E-state index contributed by atoms with van der Waals surface area (Å²) in [5.74, 6) is 0.341. The molecule has 0 fully saturated rings. The van der Waals surface area contributed by atoms with Gasteiger partial charge in [0.2, 0.25) is 0 Å². The second kappa shape index (κ2) is 17.0. The van der Waals surface area contributed by atoms with Crippen molar-refractivity contribution in [2.24, 2.45) is 5.92 Å². The Bertz CT molecular complexity index is 925. The molecule has 0 heterocycles. The van der Waals surface area contributed by atoms with Gasteiger partial charge in [0, 0.05) is 0 Å². The summed E-state index contributed by atoms with van der Waals surface area (Å²) in [5.41, 5.74) is 0.332. The summed E-state index contributed by atoms with van der Waals surface area (Å²) in [4.78, 5) is 24.4. The van der Waals surface area contributed by atoms with Gasteiger partial charge in [0.15, 0.2) is 0 Å². The minimum absolute atomic E-state index is 0.172. The molecule has 1 atom stereocenters. The van der Waals surface area contributed by atoms with Crippen molar-refractivity contribution in [3.05, 3.63) is 53.1 Å². The fourth-order valence-electron chi connectivity index (χ4n) is 3.64. The van der Waals surface area contributed by atoms with E-state index in [0.717, 1.165) is 12.8 Å². The number of esters is 2. The Balaban J connectivity index is 1.70.